The van der Waals surface area contributed by atoms with Crippen LogP contribution in [0.3, 0.4) is 0 Å². The van der Waals surface area contributed by atoms with E-state index >= 15 is 0 Å². The molecule has 6 nitrogen and oxygen atoms in total. The van der Waals surface area contributed by atoms with Crippen LogP contribution >= 0.6 is 0 Å². The van der Waals surface area contributed by atoms with E-state index < -0.39 is 5.97 Å². The molecule has 134 valence electrons. The molecule has 0 radical (unpaired) electrons. The molecule has 1 heterocycles. The normalized spacial score (nSPS) is 10.6. The molecule has 2 aromatic carbocycles. The van der Waals surface area contributed by atoms with Crippen molar-refractivity contribution in [1.82, 2.24) is 10.4 Å². The quantitative estimate of drug-likeness (QED) is 0.328. The van der Waals surface area contributed by atoms with Crippen LogP contribution in [0.2, 0.25) is 0 Å². The van der Waals surface area contributed by atoms with Gasteiger partial charge in [0.1, 0.15) is 5.75 Å². The summed E-state index contributed by atoms with van der Waals surface area (Å²) in [6, 6.07) is 17.3. The first-order valence-corrected chi connectivity index (χ1v) is 8.24. The van der Waals surface area contributed by atoms with Gasteiger partial charge >= 0.3 is 5.97 Å². The fourth-order valence-corrected chi connectivity index (χ4v) is 2.20. The molecule has 0 saturated heterocycles. The topological polar surface area (TPSA) is 80.6 Å². The zero-order chi connectivity index (χ0) is 19.1. The second-order valence-electron chi connectivity index (χ2n) is 5.77. The summed E-state index contributed by atoms with van der Waals surface area (Å²) in [4.78, 5) is 27.8. The molecule has 0 unspecified atom stereocenters. The van der Waals surface area contributed by atoms with Gasteiger partial charge in [0.25, 0.3) is 5.91 Å². The molecule has 27 heavy (non-hydrogen) atoms. The van der Waals surface area contributed by atoms with Gasteiger partial charge in [0.2, 0.25) is 0 Å². The molecule has 0 fully saturated rings. The van der Waals surface area contributed by atoms with E-state index in [1.165, 1.54) is 12.4 Å². The fourth-order valence-electron chi connectivity index (χ4n) is 2.20. The van der Waals surface area contributed by atoms with Crippen LogP contribution in [0.1, 0.15) is 31.8 Å². The molecular formula is C21H17N3O3. The van der Waals surface area contributed by atoms with Crippen molar-refractivity contribution in [3.63, 3.8) is 0 Å². The molecule has 6 heteroatoms. The summed E-state index contributed by atoms with van der Waals surface area (Å²) in [6.07, 6.45) is 4.55. The van der Waals surface area contributed by atoms with Gasteiger partial charge in [-0.25, -0.2) is 10.2 Å². The molecule has 0 spiro atoms. The van der Waals surface area contributed by atoms with Crippen LogP contribution in [0.4, 0.5) is 0 Å². The van der Waals surface area contributed by atoms with Gasteiger partial charge in [0, 0.05) is 12.4 Å². The molecule has 0 aliphatic rings. The van der Waals surface area contributed by atoms with E-state index in [0.717, 1.165) is 11.1 Å². The monoisotopic (exact) mass is 359 g/mol. The van der Waals surface area contributed by atoms with Crippen LogP contribution in [0.25, 0.3) is 0 Å². The molecule has 0 saturated carbocycles. The van der Waals surface area contributed by atoms with Crippen molar-refractivity contribution in [2.75, 3.05) is 0 Å². The number of carbonyl (C=O) groups is 2. The number of aromatic nitrogens is 1. The largest absolute Gasteiger partial charge is 0.423 e. The third-order valence-corrected chi connectivity index (χ3v) is 3.68. The Labute approximate surface area is 156 Å². The van der Waals surface area contributed by atoms with Gasteiger partial charge in [-0.1, -0.05) is 17.7 Å². The fraction of sp³-hybridized carbons (Fsp3) is 0.0476. The SMILES string of the molecule is Cc1ccc(C(=O)Oc2ccc(C=NNC(=O)c3cccnc3)cc2)cc1. The molecule has 3 rings (SSSR count). The van der Waals surface area contributed by atoms with Crippen molar-refractivity contribution >= 4 is 18.1 Å². The lowest BCUT2D eigenvalue weighted by Crippen LogP contribution is -2.17. The summed E-state index contributed by atoms with van der Waals surface area (Å²) in [5.41, 5.74) is 5.16. The zero-order valence-electron chi connectivity index (χ0n) is 14.6. The minimum absolute atomic E-state index is 0.344. The van der Waals surface area contributed by atoms with Gasteiger partial charge < -0.3 is 4.74 Å². The number of amides is 1. The zero-order valence-corrected chi connectivity index (χ0v) is 14.6. The number of benzene rings is 2. The van der Waals surface area contributed by atoms with Crippen LogP contribution in [-0.4, -0.2) is 23.1 Å². The minimum atomic E-state index is -0.417. The third kappa shape index (κ3) is 5.09. The Balaban J connectivity index is 1.56. The average Bonchev–Trinajstić information content (AvgIpc) is 2.70. The minimum Gasteiger partial charge on any atom is -0.423 e. The first kappa shape index (κ1) is 18.0. The standard InChI is InChI=1S/C21H17N3O3/c1-15-4-8-17(9-5-15)21(26)27-19-10-6-16(7-11-19)13-23-24-20(25)18-3-2-12-22-14-18/h2-14H,1H3,(H,24,25). The van der Waals surface area contributed by atoms with E-state index in [2.05, 4.69) is 15.5 Å². The van der Waals surface area contributed by atoms with E-state index in [9.17, 15) is 9.59 Å². The van der Waals surface area contributed by atoms with Gasteiger partial charge in [0.05, 0.1) is 17.3 Å². The number of rotatable bonds is 5. The molecule has 0 atom stereocenters. The number of esters is 1. The maximum absolute atomic E-state index is 12.1. The number of hydrogen-bond donors (Lipinski definition) is 1. The average molecular weight is 359 g/mol. The van der Waals surface area contributed by atoms with E-state index in [4.69, 9.17) is 4.74 Å². The summed E-state index contributed by atoms with van der Waals surface area (Å²) in [7, 11) is 0. The van der Waals surface area contributed by atoms with E-state index in [0.29, 0.717) is 16.9 Å². The number of pyridine rings is 1. The lowest BCUT2D eigenvalue weighted by molar-refractivity contribution is 0.0734. The van der Waals surface area contributed by atoms with Crippen molar-refractivity contribution in [2.24, 2.45) is 5.10 Å². The van der Waals surface area contributed by atoms with E-state index in [1.54, 1.807) is 54.7 Å². The number of hydrogen-bond acceptors (Lipinski definition) is 5. The highest BCUT2D eigenvalue weighted by molar-refractivity contribution is 5.94. The molecule has 1 N–H and O–H groups in total. The molecule has 3 aromatic rings. The van der Waals surface area contributed by atoms with Crippen LogP contribution in [0.5, 0.6) is 5.75 Å². The number of ether oxygens (including phenoxy) is 1. The Bertz CT molecular complexity index is 950. The Hall–Kier alpha value is -3.80. The van der Waals surface area contributed by atoms with Gasteiger partial charge in [-0.2, -0.15) is 5.10 Å². The highest BCUT2D eigenvalue weighted by atomic mass is 16.5. The van der Waals surface area contributed by atoms with Gasteiger partial charge in [0.15, 0.2) is 0 Å². The number of nitrogens with one attached hydrogen (secondary N) is 1. The van der Waals surface area contributed by atoms with Gasteiger partial charge in [-0.15, -0.1) is 0 Å². The van der Waals surface area contributed by atoms with Crippen LogP contribution in [-0.2, 0) is 0 Å². The molecule has 0 aliphatic carbocycles. The Morgan fingerprint density at radius 1 is 1.00 bits per heavy atom. The van der Waals surface area contributed by atoms with Crippen molar-refractivity contribution in [3.05, 3.63) is 95.3 Å². The number of aryl methyl sites for hydroxylation is 1. The first-order chi connectivity index (χ1) is 13.1. The predicted octanol–water partition coefficient (Wildman–Crippen LogP) is 3.37. The molecule has 1 aromatic heterocycles. The summed E-state index contributed by atoms with van der Waals surface area (Å²) in [5.74, 6) is -0.333. The second-order valence-corrected chi connectivity index (χ2v) is 5.77. The van der Waals surface area contributed by atoms with Gasteiger partial charge in [-0.05, 0) is 61.0 Å². The maximum Gasteiger partial charge on any atom is 0.343 e. The van der Waals surface area contributed by atoms with Gasteiger partial charge in [-0.3, -0.25) is 9.78 Å². The van der Waals surface area contributed by atoms with Crippen molar-refractivity contribution in [2.45, 2.75) is 6.92 Å². The van der Waals surface area contributed by atoms with Crippen LogP contribution in [0, 0.1) is 6.92 Å². The highest BCUT2D eigenvalue weighted by Crippen LogP contribution is 2.14. The number of hydrazone groups is 1. The smallest absolute Gasteiger partial charge is 0.343 e. The summed E-state index contributed by atoms with van der Waals surface area (Å²) in [6.45, 7) is 1.95. The Kier molecular flexibility index (Phi) is 5.69. The Morgan fingerprint density at radius 2 is 1.74 bits per heavy atom. The summed E-state index contributed by atoms with van der Waals surface area (Å²) in [5, 5.41) is 3.90. The van der Waals surface area contributed by atoms with Crippen molar-refractivity contribution in [3.8, 4) is 5.75 Å². The molecule has 0 aliphatic heterocycles. The molecule has 0 bridgehead atoms. The maximum atomic E-state index is 12.1. The lowest BCUT2D eigenvalue weighted by Gasteiger charge is -2.05. The lowest BCUT2D eigenvalue weighted by atomic mass is 10.1. The predicted molar refractivity (Wildman–Crippen MR) is 102 cm³/mol. The first-order valence-electron chi connectivity index (χ1n) is 8.24. The third-order valence-electron chi connectivity index (χ3n) is 3.68. The van der Waals surface area contributed by atoms with Crippen LogP contribution in [0.15, 0.2) is 78.2 Å². The summed E-state index contributed by atoms with van der Waals surface area (Å²) < 4.78 is 5.34. The van der Waals surface area contributed by atoms with Crippen molar-refractivity contribution < 1.29 is 14.3 Å². The Morgan fingerprint density at radius 3 is 2.41 bits per heavy atom. The van der Waals surface area contributed by atoms with Crippen LogP contribution < -0.4 is 10.2 Å². The van der Waals surface area contributed by atoms with E-state index in [-0.39, 0.29) is 5.91 Å². The second kappa shape index (κ2) is 8.53. The summed E-state index contributed by atoms with van der Waals surface area (Å²) >= 11 is 0. The molecule has 1 amide bonds. The molecular weight excluding hydrogens is 342 g/mol. The van der Waals surface area contributed by atoms with Crippen molar-refractivity contribution in [1.29, 1.82) is 0 Å². The number of nitrogens with zero attached hydrogens (tertiary/aromatic N) is 2. The van der Waals surface area contributed by atoms with E-state index in [1.807, 2.05) is 19.1 Å². The highest BCUT2D eigenvalue weighted by Gasteiger charge is 2.08. The number of carbonyl (C=O) groups excluding carboxylic acids is 2.